The van der Waals surface area contributed by atoms with Crippen molar-refractivity contribution in [2.75, 3.05) is 12.0 Å². The zero-order valence-corrected chi connectivity index (χ0v) is 9.85. The fourth-order valence-corrected chi connectivity index (χ4v) is 1.21. The van der Waals surface area contributed by atoms with E-state index >= 15 is 0 Å². The van der Waals surface area contributed by atoms with Crippen LogP contribution in [0.3, 0.4) is 0 Å². The Morgan fingerprint density at radius 1 is 1.69 bits per heavy atom. The summed E-state index contributed by atoms with van der Waals surface area (Å²) in [6, 6.07) is 2.57. The van der Waals surface area contributed by atoms with Crippen LogP contribution >= 0.6 is 11.8 Å². The Hall–Kier alpha value is -1.27. The summed E-state index contributed by atoms with van der Waals surface area (Å²) in [7, 11) is 0. The van der Waals surface area contributed by atoms with Gasteiger partial charge in [-0.05, 0) is 30.6 Å². The van der Waals surface area contributed by atoms with E-state index < -0.39 is 12.0 Å². The Bertz CT molecular complexity index is 295. The van der Waals surface area contributed by atoms with Crippen molar-refractivity contribution in [1.82, 2.24) is 4.98 Å². The highest BCUT2D eigenvalue weighted by Crippen LogP contribution is 1.99. The fraction of sp³-hybridized carbons (Fsp3) is 0.400. The van der Waals surface area contributed by atoms with E-state index in [1.165, 1.54) is 6.20 Å². The van der Waals surface area contributed by atoms with E-state index in [-0.39, 0.29) is 5.75 Å². The molecule has 0 aromatic carbocycles. The van der Waals surface area contributed by atoms with Crippen molar-refractivity contribution in [2.24, 2.45) is 5.73 Å². The molecule has 0 amide bonds. The molecule has 0 unspecified atom stereocenters. The topological polar surface area (TPSA) is 96.4 Å². The van der Waals surface area contributed by atoms with Gasteiger partial charge in [0.15, 0.2) is 0 Å². The lowest BCUT2D eigenvalue weighted by molar-refractivity contribution is -0.138. The first-order valence-corrected chi connectivity index (χ1v) is 6.03. The van der Waals surface area contributed by atoms with Crippen LogP contribution in [0, 0.1) is 0 Å². The highest BCUT2D eigenvalue weighted by Gasteiger charge is 2.08. The first-order valence-electron chi connectivity index (χ1n) is 4.64. The SMILES string of the molecule is CSCC[C@H](N)C(=O)O.Oc1cccnc1. The number of thioether (sulfide) groups is 1. The molecule has 0 aliphatic rings. The molecule has 0 aliphatic heterocycles. The van der Waals surface area contributed by atoms with E-state index in [0.717, 1.165) is 5.75 Å². The van der Waals surface area contributed by atoms with Crippen LogP contribution in [-0.4, -0.2) is 39.2 Å². The molecule has 1 atom stereocenters. The van der Waals surface area contributed by atoms with Crippen LogP contribution in [0.4, 0.5) is 0 Å². The first kappa shape index (κ1) is 14.7. The van der Waals surface area contributed by atoms with Gasteiger partial charge in [0, 0.05) is 6.20 Å². The van der Waals surface area contributed by atoms with E-state index in [0.29, 0.717) is 6.42 Å². The minimum absolute atomic E-state index is 0.211. The molecule has 0 spiro atoms. The summed E-state index contributed by atoms with van der Waals surface area (Å²) in [4.78, 5) is 13.7. The number of aromatic nitrogens is 1. The summed E-state index contributed by atoms with van der Waals surface area (Å²) in [5.74, 6) is 0.111. The summed E-state index contributed by atoms with van der Waals surface area (Å²) in [6.45, 7) is 0. The van der Waals surface area contributed by atoms with Gasteiger partial charge in [-0.1, -0.05) is 0 Å². The highest BCUT2D eigenvalue weighted by atomic mass is 32.2. The van der Waals surface area contributed by atoms with Crippen molar-refractivity contribution in [2.45, 2.75) is 12.5 Å². The molecule has 5 nitrogen and oxygen atoms in total. The van der Waals surface area contributed by atoms with Crippen LogP contribution in [0.2, 0.25) is 0 Å². The minimum Gasteiger partial charge on any atom is -0.506 e. The zero-order chi connectivity index (χ0) is 12.4. The molecule has 90 valence electrons. The second-order valence-electron chi connectivity index (χ2n) is 2.94. The molecule has 1 heterocycles. The number of rotatable bonds is 4. The number of aromatic hydroxyl groups is 1. The van der Waals surface area contributed by atoms with E-state index in [4.69, 9.17) is 15.9 Å². The molecule has 1 aromatic rings. The largest absolute Gasteiger partial charge is 0.506 e. The molecule has 0 bridgehead atoms. The van der Waals surface area contributed by atoms with Gasteiger partial charge >= 0.3 is 5.97 Å². The van der Waals surface area contributed by atoms with Gasteiger partial charge in [0.05, 0.1) is 6.20 Å². The van der Waals surface area contributed by atoms with Crippen molar-refractivity contribution in [3.05, 3.63) is 24.5 Å². The Morgan fingerprint density at radius 3 is 2.69 bits per heavy atom. The predicted molar refractivity (Wildman–Crippen MR) is 64.5 cm³/mol. The number of carboxylic acids is 1. The summed E-state index contributed by atoms with van der Waals surface area (Å²) in [5, 5.41) is 16.8. The monoisotopic (exact) mass is 244 g/mol. The number of nitrogens with two attached hydrogens (primary N) is 1. The second kappa shape index (κ2) is 8.99. The van der Waals surface area contributed by atoms with Gasteiger partial charge in [0.2, 0.25) is 0 Å². The summed E-state index contributed by atoms with van der Waals surface area (Å²) >= 11 is 1.60. The molecule has 0 saturated heterocycles. The molecule has 6 heteroatoms. The lowest BCUT2D eigenvalue weighted by Gasteiger charge is -2.02. The first-order chi connectivity index (χ1) is 7.57. The number of carboxylic acid groups (broad SMARTS) is 1. The second-order valence-corrected chi connectivity index (χ2v) is 3.92. The molecule has 1 rings (SSSR count). The van der Waals surface area contributed by atoms with Crippen molar-refractivity contribution in [1.29, 1.82) is 0 Å². The number of hydrogen-bond donors (Lipinski definition) is 3. The van der Waals surface area contributed by atoms with E-state index in [2.05, 4.69) is 4.98 Å². The molecule has 4 N–H and O–H groups in total. The Kier molecular flexibility index (Phi) is 8.28. The van der Waals surface area contributed by atoms with Gasteiger partial charge in [0.25, 0.3) is 0 Å². The lowest BCUT2D eigenvalue weighted by atomic mass is 10.2. The van der Waals surface area contributed by atoms with Crippen molar-refractivity contribution in [3.63, 3.8) is 0 Å². The Morgan fingerprint density at radius 2 is 2.38 bits per heavy atom. The third-order valence-corrected chi connectivity index (χ3v) is 2.24. The summed E-state index contributed by atoms with van der Waals surface area (Å²) < 4.78 is 0. The minimum atomic E-state index is -0.913. The van der Waals surface area contributed by atoms with Crippen molar-refractivity contribution < 1.29 is 15.0 Å². The smallest absolute Gasteiger partial charge is 0.320 e. The Labute approximate surface area is 98.7 Å². The van der Waals surface area contributed by atoms with Crippen LogP contribution in [-0.2, 0) is 4.79 Å². The lowest BCUT2D eigenvalue weighted by Crippen LogP contribution is -2.30. The van der Waals surface area contributed by atoms with Crippen LogP contribution in [0.25, 0.3) is 0 Å². The molecule has 1 aromatic heterocycles. The quantitative estimate of drug-likeness (QED) is 0.729. The molecule has 16 heavy (non-hydrogen) atoms. The third-order valence-electron chi connectivity index (χ3n) is 1.60. The summed E-state index contributed by atoms with van der Waals surface area (Å²) in [5.41, 5.74) is 5.19. The van der Waals surface area contributed by atoms with Crippen molar-refractivity contribution >= 4 is 17.7 Å². The van der Waals surface area contributed by atoms with Crippen LogP contribution in [0.1, 0.15) is 6.42 Å². The predicted octanol–water partition coefficient (Wildman–Crippen LogP) is 0.939. The van der Waals surface area contributed by atoms with Gasteiger partial charge in [-0.3, -0.25) is 9.78 Å². The Balaban J connectivity index is 0.000000288. The number of hydrogen-bond acceptors (Lipinski definition) is 5. The van der Waals surface area contributed by atoms with Gasteiger partial charge < -0.3 is 15.9 Å². The molecular formula is C10H16N2O3S. The van der Waals surface area contributed by atoms with Crippen LogP contribution in [0.5, 0.6) is 5.75 Å². The maximum absolute atomic E-state index is 10.1. The third kappa shape index (κ3) is 8.07. The van der Waals surface area contributed by atoms with E-state index in [1.54, 1.807) is 30.1 Å². The average molecular weight is 244 g/mol. The molecule has 0 aliphatic carbocycles. The maximum Gasteiger partial charge on any atom is 0.320 e. The number of aliphatic carboxylic acids is 1. The van der Waals surface area contributed by atoms with Gasteiger partial charge in [-0.15, -0.1) is 0 Å². The average Bonchev–Trinajstić information content (AvgIpc) is 2.27. The number of pyridine rings is 1. The highest BCUT2D eigenvalue weighted by molar-refractivity contribution is 7.98. The molecule has 0 fully saturated rings. The summed E-state index contributed by atoms with van der Waals surface area (Å²) in [6.07, 6.45) is 5.48. The van der Waals surface area contributed by atoms with Crippen molar-refractivity contribution in [3.8, 4) is 5.75 Å². The zero-order valence-electron chi connectivity index (χ0n) is 9.04. The van der Waals surface area contributed by atoms with E-state index in [9.17, 15) is 4.79 Å². The van der Waals surface area contributed by atoms with Crippen LogP contribution < -0.4 is 5.73 Å². The van der Waals surface area contributed by atoms with Gasteiger partial charge in [0.1, 0.15) is 11.8 Å². The normalized spacial score (nSPS) is 11.1. The standard InChI is InChI=1S/C5H11NO2S.C5H5NO/c1-9-3-2-4(6)5(7)8;7-5-2-1-3-6-4-5/h4H,2-3,6H2,1H3,(H,7,8);1-4,7H/t4-;/m0./s1. The fourth-order valence-electron chi connectivity index (χ4n) is 0.722. The van der Waals surface area contributed by atoms with E-state index in [1.807, 2.05) is 6.26 Å². The number of carbonyl (C=O) groups is 1. The molecule has 0 radical (unpaired) electrons. The molecular weight excluding hydrogens is 228 g/mol. The molecule has 0 saturated carbocycles. The van der Waals surface area contributed by atoms with Crippen LogP contribution in [0.15, 0.2) is 24.5 Å². The maximum atomic E-state index is 10.1. The van der Waals surface area contributed by atoms with Gasteiger partial charge in [-0.2, -0.15) is 11.8 Å². The number of nitrogens with zero attached hydrogens (tertiary/aromatic N) is 1. The van der Waals surface area contributed by atoms with Gasteiger partial charge in [-0.25, -0.2) is 0 Å².